The van der Waals surface area contributed by atoms with Gasteiger partial charge in [-0.05, 0) is 18.3 Å². The second-order valence-electron chi connectivity index (χ2n) is 9.77. The van der Waals surface area contributed by atoms with Crippen LogP contribution in [-0.2, 0) is 6.54 Å². The Labute approximate surface area is 190 Å². The molecule has 1 aromatic rings. The van der Waals surface area contributed by atoms with E-state index in [4.69, 9.17) is 0 Å². The molecule has 0 aliphatic heterocycles. The first-order valence-corrected chi connectivity index (χ1v) is 13.7. The maximum atomic E-state index is 2.39. The zero-order valence-corrected chi connectivity index (χ0v) is 20.9. The van der Waals surface area contributed by atoms with Gasteiger partial charge >= 0.3 is 0 Å². The average molecular weight is 417 g/mol. The van der Waals surface area contributed by atoms with Gasteiger partial charge in [0, 0.05) is 18.6 Å². The van der Waals surface area contributed by atoms with Crippen LogP contribution in [0.15, 0.2) is 30.6 Å². The fourth-order valence-electron chi connectivity index (χ4n) is 4.98. The molecule has 0 saturated heterocycles. The number of nitrogens with zero attached hydrogens (tertiary/aromatic N) is 1. The van der Waals surface area contributed by atoms with E-state index in [-0.39, 0.29) is 0 Å². The van der Waals surface area contributed by atoms with Crippen LogP contribution in [0.3, 0.4) is 0 Å². The zero-order valence-electron chi connectivity index (χ0n) is 20.9. The Morgan fingerprint density at radius 1 is 0.500 bits per heavy atom. The molecule has 0 N–H and O–H groups in total. The molecule has 1 nitrogen and oxygen atoms in total. The maximum absolute atomic E-state index is 2.39. The molecule has 0 aromatic carbocycles. The average Bonchev–Trinajstić information content (AvgIpc) is 2.77. The van der Waals surface area contributed by atoms with Crippen LogP contribution in [0.25, 0.3) is 0 Å². The van der Waals surface area contributed by atoms with Gasteiger partial charge in [-0.1, -0.05) is 130 Å². The summed E-state index contributed by atoms with van der Waals surface area (Å²) in [7, 11) is 0. The molecule has 0 fully saturated rings. The molecule has 0 aliphatic rings. The molecular weight excluding hydrogens is 362 g/mol. The molecule has 2 atom stereocenters. The van der Waals surface area contributed by atoms with Crippen LogP contribution in [0.1, 0.15) is 136 Å². The van der Waals surface area contributed by atoms with Gasteiger partial charge in [0.05, 0.1) is 0 Å². The fourth-order valence-corrected chi connectivity index (χ4v) is 4.98. The summed E-state index contributed by atoms with van der Waals surface area (Å²) in [6, 6.07) is 6.46. The van der Waals surface area contributed by atoms with E-state index in [2.05, 4.69) is 55.9 Å². The molecule has 0 radical (unpaired) electrons. The van der Waals surface area contributed by atoms with Gasteiger partial charge in [-0.15, -0.1) is 0 Å². The lowest BCUT2D eigenvalue weighted by atomic mass is 9.83. The van der Waals surface area contributed by atoms with E-state index >= 15 is 0 Å². The molecule has 0 amide bonds. The lowest BCUT2D eigenvalue weighted by Crippen LogP contribution is -2.33. The van der Waals surface area contributed by atoms with Crippen molar-refractivity contribution in [2.24, 2.45) is 11.8 Å². The second kappa shape index (κ2) is 20.1. The summed E-state index contributed by atoms with van der Waals surface area (Å²) in [5.41, 5.74) is 0. The highest BCUT2D eigenvalue weighted by atomic mass is 14.9. The van der Waals surface area contributed by atoms with Crippen LogP contribution in [0.4, 0.5) is 0 Å². The molecule has 0 bridgehead atoms. The summed E-state index contributed by atoms with van der Waals surface area (Å²) in [4.78, 5) is 0. The van der Waals surface area contributed by atoms with Crippen molar-refractivity contribution in [3.63, 3.8) is 0 Å². The Morgan fingerprint density at radius 2 is 1.00 bits per heavy atom. The molecular formula is C29H54N+. The van der Waals surface area contributed by atoms with E-state index in [1.165, 1.54) is 122 Å². The molecule has 0 aliphatic carbocycles. The van der Waals surface area contributed by atoms with Crippen LogP contribution in [0.5, 0.6) is 0 Å². The van der Waals surface area contributed by atoms with Gasteiger partial charge in [0.15, 0.2) is 12.4 Å². The van der Waals surface area contributed by atoms with E-state index in [9.17, 15) is 0 Å². The van der Waals surface area contributed by atoms with Crippen molar-refractivity contribution in [3.05, 3.63) is 30.6 Å². The van der Waals surface area contributed by atoms with Crippen LogP contribution < -0.4 is 4.57 Å². The predicted octanol–water partition coefficient (Wildman–Crippen LogP) is 9.29. The maximum Gasteiger partial charge on any atom is 0.168 e. The number of hydrogen-bond donors (Lipinski definition) is 0. The predicted molar refractivity (Wildman–Crippen MR) is 134 cm³/mol. The normalized spacial score (nSPS) is 13.4. The third-order valence-electron chi connectivity index (χ3n) is 6.87. The van der Waals surface area contributed by atoms with Gasteiger partial charge in [-0.3, -0.25) is 0 Å². The first kappa shape index (κ1) is 27.2. The van der Waals surface area contributed by atoms with Gasteiger partial charge in [0.1, 0.15) is 6.54 Å². The van der Waals surface area contributed by atoms with Crippen molar-refractivity contribution >= 4 is 0 Å². The van der Waals surface area contributed by atoms with Crippen molar-refractivity contribution in [1.82, 2.24) is 0 Å². The van der Waals surface area contributed by atoms with Crippen LogP contribution in [0.2, 0.25) is 0 Å². The number of hydrogen-bond acceptors (Lipinski definition) is 0. The smallest absolute Gasteiger partial charge is 0.168 e. The minimum atomic E-state index is 0.917. The van der Waals surface area contributed by atoms with Gasteiger partial charge in [0.2, 0.25) is 0 Å². The number of unbranched alkanes of at least 4 members (excludes halogenated alkanes) is 10. The molecule has 0 spiro atoms. The summed E-state index contributed by atoms with van der Waals surface area (Å²) < 4.78 is 2.39. The SMILES string of the molecule is CCCCCCCCC(CCC)CC(CCCCCCCC)CC[n+]1ccccc1. The Kier molecular flexibility index (Phi) is 18.2. The van der Waals surface area contributed by atoms with E-state index in [1.54, 1.807) is 0 Å². The van der Waals surface area contributed by atoms with Crippen molar-refractivity contribution in [2.45, 2.75) is 143 Å². The number of pyridine rings is 1. The topological polar surface area (TPSA) is 3.88 Å². The molecule has 1 aromatic heterocycles. The number of aryl methyl sites for hydroxylation is 1. The van der Waals surface area contributed by atoms with Crippen molar-refractivity contribution < 1.29 is 4.57 Å². The standard InChI is InChI=1S/C29H54N/c1-4-7-9-11-13-16-21-28(20-6-3)27-29(22-17-14-12-10-8-5-2)23-26-30-24-18-15-19-25-30/h15,18-19,24-25,28-29H,4-14,16-17,20-23,26-27H2,1-3H3/q+1. The van der Waals surface area contributed by atoms with Gasteiger partial charge in [-0.2, -0.15) is 0 Å². The number of aromatic nitrogens is 1. The molecule has 0 saturated carbocycles. The van der Waals surface area contributed by atoms with Gasteiger partial charge in [0.25, 0.3) is 0 Å². The minimum Gasteiger partial charge on any atom is -0.205 e. The molecule has 2 unspecified atom stereocenters. The molecule has 1 heteroatoms. The Balaban J connectivity index is 2.44. The molecule has 1 rings (SSSR count). The summed E-state index contributed by atoms with van der Waals surface area (Å²) >= 11 is 0. The lowest BCUT2D eigenvalue weighted by Gasteiger charge is -2.23. The fraction of sp³-hybridized carbons (Fsp3) is 0.828. The largest absolute Gasteiger partial charge is 0.205 e. The molecule has 30 heavy (non-hydrogen) atoms. The first-order valence-electron chi connectivity index (χ1n) is 13.7. The van der Waals surface area contributed by atoms with Gasteiger partial charge in [-0.25, -0.2) is 4.57 Å². The summed E-state index contributed by atoms with van der Waals surface area (Å²) in [6.45, 7) is 8.21. The van der Waals surface area contributed by atoms with Crippen LogP contribution in [-0.4, -0.2) is 0 Å². The highest BCUT2D eigenvalue weighted by molar-refractivity contribution is 4.83. The summed E-state index contributed by atoms with van der Waals surface area (Å²) in [6.07, 6.45) is 30.2. The van der Waals surface area contributed by atoms with Crippen molar-refractivity contribution in [3.8, 4) is 0 Å². The van der Waals surface area contributed by atoms with E-state index in [1.807, 2.05) is 0 Å². The second-order valence-corrected chi connectivity index (χ2v) is 9.77. The number of rotatable bonds is 21. The lowest BCUT2D eigenvalue weighted by molar-refractivity contribution is -0.698. The quantitative estimate of drug-likeness (QED) is 0.139. The third kappa shape index (κ3) is 15.0. The Hall–Kier alpha value is -0.850. The molecule has 1 heterocycles. The third-order valence-corrected chi connectivity index (χ3v) is 6.87. The highest BCUT2D eigenvalue weighted by Crippen LogP contribution is 2.29. The Morgan fingerprint density at radius 3 is 1.53 bits per heavy atom. The molecule has 174 valence electrons. The summed E-state index contributed by atoms with van der Waals surface area (Å²) in [5, 5.41) is 0. The van der Waals surface area contributed by atoms with E-state index in [0.717, 1.165) is 11.8 Å². The van der Waals surface area contributed by atoms with E-state index < -0.39 is 0 Å². The van der Waals surface area contributed by atoms with Crippen molar-refractivity contribution in [1.29, 1.82) is 0 Å². The van der Waals surface area contributed by atoms with Crippen LogP contribution in [0, 0.1) is 11.8 Å². The summed E-state index contributed by atoms with van der Waals surface area (Å²) in [5.74, 6) is 1.88. The minimum absolute atomic E-state index is 0.917. The monoisotopic (exact) mass is 416 g/mol. The van der Waals surface area contributed by atoms with Crippen molar-refractivity contribution in [2.75, 3.05) is 0 Å². The first-order chi connectivity index (χ1) is 14.8. The Bertz CT molecular complexity index is 455. The van der Waals surface area contributed by atoms with Crippen LogP contribution >= 0.6 is 0 Å². The van der Waals surface area contributed by atoms with Gasteiger partial charge < -0.3 is 0 Å². The highest BCUT2D eigenvalue weighted by Gasteiger charge is 2.17. The van der Waals surface area contributed by atoms with E-state index in [0.29, 0.717) is 0 Å². The zero-order chi connectivity index (χ0) is 21.7.